The summed E-state index contributed by atoms with van der Waals surface area (Å²) in [5.74, 6) is 0.683. The van der Waals surface area contributed by atoms with Crippen LogP contribution in [0.3, 0.4) is 0 Å². The Morgan fingerprint density at radius 3 is 2.82 bits per heavy atom. The van der Waals surface area contributed by atoms with Crippen molar-refractivity contribution in [1.29, 1.82) is 5.26 Å². The van der Waals surface area contributed by atoms with Gasteiger partial charge in [0.15, 0.2) is 0 Å². The summed E-state index contributed by atoms with van der Waals surface area (Å²) >= 11 is 0. The van der Waals surface area contributed by atoms with Crippen LogP contribution < -0.4 is 5.32 Å². The largest absolute Gasteiger partial charge is 0.362 e. The summed E-state index contributed by atoms with van der Waals surface area (Å²) in [6.07, 6.45) is 2.11. The number of aromatic nitrogens is 1. The normalized spacial score (nSPS) is 16.2. The SMILES string of the molecule is N#Cc1cc2ccccc2nc1N[C@@H]1CCc2ccccc21. The van der Waals surface area contributed by atoms with Crippen molar-refractivity contribution in [3.8, 4) is 6.07 Å². The molecule has 1 heterocycles. The molecule has 4 rings (SSSR count). The van der Waals surface area contributed by atoms with Crippen LogP contribution in [0, 0.1) is 11.3 Å². The van der Waals surface area contributed by atoms with Gasteiger partial charge in [0.05, 0.1) is 17.1 Å². The average molecular weight is 285 g/mol. The Hall–Kier alpha value is -2.86. The molecule has 1 N–H and O–H groups in total. The van der Waals surface area contributed by atoms with Gasteiger partial charge in [0, 0.05) is 5.39 Å². The van der Waals surface area contributed by atoms with Crippen LogP contribution in [-0.2, 0) is 6.42 Å². The number of anilines is 1. The topological polar surface area (TPSA) is 48.7 Å². The lowest BCUT2D eigenvalue weighted by Crippen LogP contribution is -2.10. The fraction of sp³-hybridized carbons (Fsp3) is 0.158. The highest BCUT2D eigenvalue weighted by Crippen LogP contribution is 2.34. The second-order valence-electron chi connectivity index (χ2n) is 5.62. The molecule has 1 atom stereocenters. The van der Waals surface area contributed by atoms with Crippen molar-refractivity contribution < 1.29 is 0 Å². The van der Waals surface area contributed by atoms with E-state index in [9.17, 15) is 5.26 Å². The first-order chi connectivity index (χ1) is 10.8. The van der Waals surface area contributed by atoms with E-state index in [0.717, 1.165) is 23.7 Å². The van der Waals surface area contributed by atoms with Crippen LogP contribution in [0.4, 0.5) is 5.82 Å². The Morgan fingerprint density at radius 1 is 1.09 bits per heavy atom. The number of nitriles is 1. The minimum Gasteiger partial charge on any atom is -0.362 e. The van der Waals surface area contributed by atoms with Gasteiger partial charge in [-0.25, -0.2) is 4.98 Å². The molecule has 0 radical (unpaired) electrons. The van der Waals surface area contributed by atoms with E-state index in [1.807, 2.05) is 30.3 Å². The number of aryl methyl sites for hydroxylation is 1. The molecule has 1 aromatic heterocycles. The molecule has 22 heavy (non-hydrogen) atoms. The Morgan fingerprint density at radius 2 is 1.91 bits per heavy atom. The van der Waals surface area contributed by atoms with Crippen molar-refractivity contribution >= 4 is 16.7 Å². The van der Waals surface area contributed by atoms with E-state index >= 15 is 0 Å². The zero-order chi connectivity index (χ0) is 14.9. The molecule has 0 bridgehead atoms. The monoisotopic (exact) mass is 285 g/mol. The predicted octanol–water partition coefficient (Wildman–Crippen LogP) is 4.21. The molecular weight excluding hydrogens is 270 g/mol. The number of fused-ring (bicyclic) bond motifs is 2. The molecule has 3 aromatic rings. The van der Waals surface area contributed by atoms with Gasteiger partial charge >= 0.3 is 0 Å². The maximum Gasteiger partial charge on any atom is 0.145 e. The summed E-state index contributed by atoms with van der Waals surface area (Å²) in [5.41, 5.74) is 4.22. The Kier molecular flexibility index (Phi) is 3.01. The fourth-order valence-corrected chi connectivity index (χ4v) is 3.18. The Bertz CT molecular complexity index is 893. The van der Waals surface area contributed by atoms with Crippen molar-refractivity contribution in [2.75, 3.05) is 5.32 Å². The summed E-state index contributed by atoms with van der Waals surface area (Å²) in [5, 5.41) is 13.9. The zero-order valence-electron chi connectivity index (χ0n) is 12.1. The third kappa shape index (κ3) is 2.10. The summed E-state index contributed by atoms with van der Waals surface area (Å²) in [6.45, 7) is 0. The lowest BCUT2D eigenvalue weighted by Gasteiger charge is -2.16. The van der Waals surface area contributed by atoms with E-state index < -0.39 is 0 Å². The second kappa shape index (κ2) is 5.16. The van der Waals surface area contributed by atoms with Crippen molar-refractivity contribution in [1.82, 2.24) is 4.98 Å². The van der Waals surface area contributed by atoms with E-state index in [1.54, 1.807) is 0 Å². The van der Waals surface area contributed by atoms with Gasteiger partial charge in [0.25, 0.3) is 0 Å². The van der Waals surface area contributed by atoms with Crippen molar-refractivity contribution in [2.45, 2.75) is 18.9 Å². The van der Waals surface area contributed by atoms with E-state index in [-0.39, 0.29) is 6.04 Å². The number of para-hydroxylation sites is 1. The molecule has 1 aliphatic carbocycles. The Labute approximate surface area is 129 Å². The van der Waals surface area contributed by atoms with Crippen LogP contribution in [0.5, 0.6) is 0 Å². The smallest absolute Gasteiger partial charge is 0.145 e. The van der Waals surface area contributed by atoms with Gasteiger partial charge in [-0.2, -0.15) is 5.26 Å². The molecule has 106 valence electrons. The van der Waals surface area contributed by atoms with Crippen molar-refractivity contribution in [2.24, 2.45) is 0 Å². The molecular formula is C19H15N3. The number of rotatable bonds is 2. The Balaban J connectivity index is 1.74. The highest BCUT2D eigenvalue weighted by molar-refractivity contribution is 5.82. The molecule has 0 saturated heterocycles. The van der Waals surface area contributed by atoms with Gasteiger partial charge in [-0.05, 0) is 36.1 Å². The van der Waals surface area contributed by atoms with Gasteiger partial charge < -0.3 is 5.32 Å². The lowest BCUT2D eigenvalue weighted by molar-refractivity contribution is 0.757. The van der Waals surface area contributed by atoms with E-state index in [1.165, 1.54) is 11.1 Å². The van der Waals surface area contributed by atoms with Crippen LogP contribution in [0.15, 0.2) is 54.6 Å². The lowest BCUT2D eigenvalue weighted by atomic mass is 10.1. The standard InChI is InChI=1S/C19H15N3/c20-12-15-11-14-6-2-4-8-17(14)21-19(15)22-18-10-9-13-5-1-3-7-16(13)18/h1-8,11,18H,9-10H2,(H,21,22)/t18-/m1/s1. The molecule has 3 nitrogen and oxygen atoms in total. The number of pyridine rings is 1. The van der Waals surface area contributed by atoms with Gasteiger partial charge in [-0.15, -0.1) is 0 Å². The zero-order valence-corrected chi connectivity index (χ0v) is 12.1. The van der Waals surface area contributed by atoms with Crippen LogP contribution in [0.1, 0.15) is 29.2 Å². The molecule has 0 spiro atoms. The van der Waals surface area contributed by atoms with E-state index in [0.29, 0.717) is 11.4 Å². The third-order valence-electron chi connectivity index (χ3n) is 4.29. The van der Waals surface area contributed by atoms with Crippen LogP contribution in [0.2, 0.25) is 0 Å². The summed E-state index contributed by atoms with van der Waals surface area (Å²) < 4.78 is 0. The molecule has 2 aromatic carbocycles. The first kappa shape index (κ1) is 12.8. The quantitative estimate of drug-likeness (QED) is 0.767. The first-order valence-electron chi connectivity index (χ1n) is 7.49. The third-order valence-corrected chi connectivity index (χ3v) is 4.29. The number of nitrogens with zero attached hydrogens (tertiary/aromatic N) is 2. The predicted molar refractivity (Wildman–Crippen MR) is 87.6 cm³/mol. The number of nitrogens with one attached hydrogen (secondary N) is 1. The maximum atomic E-state index is 9.42. The molecule has 0 aliphatic heterocycles. The molecule has 1 aliphatic rings. The maximum absolute atomic E-state index is 9.42. The molecule has 0 saturated carbocycles. The highest BCUT2D eigenvalue weighted by Gasteiger charge is 2.23. The number of hydrogen-bond acceptors (Lipinski definition) is 3. The molecule has 0 fully saturated rings. The summed E-state index contributed by atoms with van der Waals surface area (Å²) in [4.78, 5) is 4.65. The number of benzene rings is 2. The van der Waals surface area contributed by atoms with Crippen LogP contribution in [-0.4, -0.2) is 4.98 Å². The van der Waals surface area contributed by atoms with Crippen molar-refractivity contribution in [3.05, 3.63) is 71.3 Å². The average Bonchev–Trinajstić information content (AvgIpc) is 2.97. The molecule has 0 unspecified atom stereocenters. The van der Waals surface area contributed by atoms with Gasteiger partial charge in [-0.3, -0.25) is 0 Å². The van der Waals surface area contributed by atoms with Crippen LogP contribution >= 0.6 is 0 Å². The van der Waals surface area contributed by atoms with Gasteiger partial charge in [0.2, 0.25) is 0 Å². The van der Waals surface area contributed by atoms with E-state index in [4.69, 9.17) is 0 Å². The van der Waals surface area contributed by atoms with Gasteiger partial charge in [0.1, 0.15) is 11.9 Å². The molecule has 3 heteroatoms. The van der Waals surface area contributed by atoms with E-state index in [2.05, 4.69) is 40.6 Å². The summed E-state index contributed by atoms with van der Waals surface area (Å²) in [7, 11) is 0. The minimum atomic E-state index is 0.233. The number of hydrogen-bond donors (Lipinski definition) is 1. The van der Waals surface area contributed by atoms with Gasteiger partial charge in [-0.1, -0.05) is 42.5 Å². The first-order valence-corrected chi connectivity index (χ1v) is 7.49. The fourth-order valence-electron chi connectivity index (χ4n) is 3.18. The molecule has 0 amide bonds. The minimum absolute atomic E-state index is 0.233. The van der Waals surface area contributed by atoms with Crippen LogP contribution in [0.25, 0.3) is 10.9 Å². The van der Waals surface area contributed by atoms with Crippen molar-refractivity contribution in [3.63, 3.8) is 0 Å². The second-order valence-corrected chi connectivity index (χ2v) is 5.62. The highest BCUT2D eigenvalue weighted by atomic mass is 15.0. The summed E-state index contributed by atoms with van der Waals surface area (Å²) in [6, 6.07) is 20.8.